The fourth-order valence-electron chi connectivity index (χ4n) is 2.31. The van der Waals surface area contributed by atoms with Crippen molar-refractivity contribution in [3.05, 3.63) is 0 Å². The summed E-state index contributed by atoms with van der Waals surface area (Å²) in [5.74, 6) is -0.358. The summed E-state index contributed by atoms with van der Waals surface area (Å²) >= 11 is 0. The van der Waals surface area contributed by atoms with E-state index in [2.05, 4.69) is 17.6 Å². The van der Waals surface area contributed by atoms with Gasteiger partial charge in [-0.15, -0.1) is 0 Å². The molecule has 1 aliphatic carbocycles. The van der Waals surface area contributed by atoms with Crippen LogP contribution >= 0.6 is 0 Å². The highest BCUT2D eigenvalue weighted by atomic mass is 16.4. The van der Waals surface area contributed by atoms with Crippen LogP contribution in [0.4, 0.5) is 4.79 Å². The summed E-state index contributed by atoms with van der Waals surface area (Å²) in [4.78, 5) is 22.6. The van der Waals surface area contributed by atoms with E-state index in [1.165, 1.54) is 0 Å². The van der Waals surface area contributed by atoms with Gasteiger partial charge in [-0.3, -0.25) is 4.79 Å². The van der Waals surface area contributed by atoms with Crippen molar-refractivity contribution in [2.75, 3.05) is 6.54 Å². The lowest BCUT2D eigenvalue weighted by Crippen LogP contribution is -2.49. The van der Waals surface area contributed by atoms with Gasteiger partial charge in [-0.25, -0.2) is 4.79 Å². The zero-order valence-corrected chi connectivity index (χ0v) is 11.4. The van der Waals surface area contributed by atoms with E-state index in [4.69, 9.17) is 5.11 Å². The van der Waals surface area contributed by atoms with Gasteiger partial charge in [0.25, 0.3) is 0 Å². The lowest BCUT2D eigenvalue weighted by Gasteiger charge is -2.33. The first-order valence-corrected chi connectivity index (χ1v) is 6.65. The highest BCUT2D eigenvalue weighted by Crippen LogP contribution is 2.25. The van der Waals surface area contributed by atoms with Crippen LogP contribution < -0.4 is 10.6 Å². The Hall–Kier alpha value is -1.26. The molecule has 18 heavy (non-hydrogen) atoms. The van der Waals surface area contributed by atoms with Gasteiger partial charge in [-0.05, 0) is 31.1 Å². The molecule has 1 atom stereocenters. The van der Waals surface area contributed by atoms with Crippen LogP contribution in [0.25, 0.3) is 0 Å². The van der Waals surface area contributed by atoms with Gasteiger partial charge in [-0.2, -0.15) is 0 Å². The second-order valence-corrected chi connectivity index (χ2v) is 5.79. The summed E-state index contributed by atoms with van der Waals surface area (Å²) in [5, 5.41) is 14.5. The summed E-state index contributed by atoms with van der Waals surface area (Å²) in [6.45, 7) is 6.30. The zero-order chi connectivity index (χ0) is 13.7. The number of hydrogen-bond acceptors (Lipinski definition) is 2. The van der Waals surface area contributed by atoms with Crippen LogP contribution in [0, 0.1) is 17.8 Å². The van der Waals surface area contributed by atoms with Gasteiger partial charge in [0, 0.05) is 12.6 Å². The number of carboxylic acids is 1. The summed E-state index contributed by atoms with van der Waals surface area (Å²) in [6, 6.07) is 0.00952. The first-order chi connectivity index (χ1) is 8.38. The Morgan fingerprint density at radius 2 is 1.94 bits per heavy atom. The minimum Gasteiger partial charge on any atom is -0.481 e. The average molecular weight is 256 g/mol. The van der Waals surface area contributed by atoms with Gasteiger partial charge >= 0.3 is 12.0 Å². The number of amides is 2. The molecule has 0 bridgehead atoms. The molecule has 1 aliphatic rings. The normalized spacial score (nSPS) is 24.2. The first kappa shape index (κ1) is 14.8. The van der Waals surface area contributed by atoms with E-state index in [1.807, 2.05) is 13.8 Å². The van der Waals surface area contributed by atoms with Crippen molar-refractivity contribution in [2.45, 2.75) is 46.1 Å². The smallest absolute Gasteiger partial charge is 0.315 e. The van der Waals surface area contributed by atoms with Crippen LogP contribution in [-0.4, -0.2) is 29.7 Å². The summed E-state index contributed by atoms with van der Waals surface area (Å²) < 4.78 is 0. The predicted octanol–water partition coefficient (Wildman–Crippen LogP) is 1.83. The highest BCUT2D eigenvalue weighted by molar-refractivity contribution is 5.76. The van der Waals surface area contributed by atoms with Crippen LogP contribution in [0.1, 0.15) is 40.0 Å². The van der Waals surface area contributed by atoms with Crippen molar-refractivity contribution in [3.8, 4) is 0 Å². The van der Waals surface area contributed by atoms with Crippen LogP contribution in [-0.2, 0) is 4.79 Å². The Morgan fingerprint density at radius 1 is 1.33 bits per heavy atom. The number of carbonyl (C=O) groups is 2. The van der Waals surface area contributed by atoms with Gasteiger partial charge < -0.3 is 15.7 Å². The molecule has 5 nitrogen and oxygen atoms in total. The molecule has 0 spiro atoms. The molecule has 5 heteroatoms. The molecular formula is C13H24N2O3. The lowest BCUT2D eigenvalue weighted by atomic mass is 9.82. The molecule has 0 heterocycles. The number of aliphatic carboxylic acids is 1. The Morgan fingerprint density at radius 3 is 2.39 bits per heavy atom. The lowest BCUT2D eigenvalue weighted by molar-refractivity contribution is -0.142. The maximum atomic E-state index is 11.6. The second kappa shape index (κ2) is 6.61. The van der Waals surface area contributed by atoms with E-state index in [1.54, 1.807) is 0 Å². The van der Waals surface area contributed by atoms with Gasteiger partial charge in [0.2, 0.25) is 0 Å². The Balaban J connectivity index is 2.24. The summed E-state index contributed by atoms with van der Waals surface area (Å²) in [7, 11) is 0. The molecule has 1 saturated carbocycles. The van der Waals surface area contributed by atoms with Gasteiger partial charge in [0.15, 0.2) is 0 Å². The molecule has 104 valence electrons. The van der Waals surface area contributed by atoms with Crippen molar-refractivity contribution >= 4 is 12.0 Å². The number of rotatable bonds is 6. The average Bonchev–Trinajstić information content (AvgIpc) is 2.21. The third-order valence-electron chi connectivity index (χ3n) is 3.32. The number of hydrogen-bond donors (Lipinski definition) is 3. The quantitative estimate of drug-likeness (QED) is 0.678. The maximum absolute atomic E-state index is 11.6. The van der Waals surface area contributed by atoms with E-state index in [-0.39, 0.29) is 18.6 Å². The topological polar surface area (TPSA) is 78.4 Å². The third-order valence-corrected chi connectivity index (χ3v) is 3.32. The molecule has 2 amide bonds. The summed E-state index contributed by atoms with van der Waals surface area (Å²) in [5.41, 5.74) is 0. The van der Waals surface area contributed by atoms with Gasteiger partial charge in [0.05, 0.1) is 5.92 Å². The van der Waals surface area contributed by atoms with Crippen LogP contribution in [0.2, 0.25) is 0 Å². The minimum atomic E-state index is -0.846. The molecule has 0 radical (unpaired) electrons. The standard InChI is InChI=1S/C13H24N2O3/c1-8(2)4-10(12(16)17)7-14-13(18)15-11-5-9(3)6-11/h8-11H,4-7H2,1-3H3,(H,16,17)(H2,14,15,18). The van der Waals surface area contributed by atoms with Gasteiger partial charge in [0.1, 0.15) is 0 Å². The monoisotopic (exact) mass is 256 g/mol. The van der Waals surface area contributed by atoms with Crippen molar-refractivity contribution in [3.63, 3.8) is 0 Å². The fraction of sp³-hybridized carbons (Fsp3) is 0.846. The first-order valence-electron chi connectivity index (χ1n) is 6.65. The van der Waals surface area contributed by atoms with Crippen LogP contribution in [0.15, 0.2) is 0 Å². The molecule has 0 saturated heterocycles. The third kappa shape index (κ3) is 4.94. The van der Waals surface area contributed by atoms with Crippen LogP contribution in [0.5, 0.6) is 0 Å². The van der Waals surface area contributed by atoms with Crippen molar-refractivity contribution < 1.29 is 14.7 Å². The molecule has 3 N–H and O–H groups in total. The SMILES string of the molecule is CC(C)CC(CNC(=O)NC1CC(C)C1)C(=O)O. The highest BCUT2D eigenvalue weighted by Gasteiger charge is 2.27. The van der Waals surface area contributed by atoms with E-state index >= 15 is 0 Å². The molecule has 0 aromatic rings. The molecule has 0 aliphatic heterocycles. The Kier molecular flexibility index (Phi) is 5.44. The van der Waals surface area contributed by atoms with Crippen molar-refractivity contribution in [1.29, 1.82) is 0 Å². The van der Waals surface area contributed by atoms with E-state index < -0.39 is 11.9 Å². The number of urea groups is 1. The summed E-state index contributed by atoms with van der Waals surface area (Å²) in [6.07, 6.45) is 2.61. The maximum Gasteiger partial charge on any atom is 0.315 e. The molecule has 0 aromatic heterocycles. The van der Waals surface area contributed by atoms with Crippen LogP contribution in [0.3, 0.4) is 0 Å². The molecule has 1 rings (SSSR count). The Bertz CT molecular complexity index is 299. The van der Waals surface area contributed by atoms with Crippen molar-refractivity contribution in [2.24, 2.45) is 17.8 Å². The molecular weight excluding hydrogens is 232 g/mol. The van der Waals surface area contributed by atoms with Crippen molar-refractivity contribution in [1.82, 2.24) is 10.6 Å². The number of carbonyl (C=O) groups excluding carboxylic acids is 1. The minimum absolute atomic E-state index is 0.196. The van der Waals surface area contributed by atoms with E-state index in [9.17, 15) is 9.59 Å². The largest absolute Gasteiger partial charge is 0.481 e. The second-order valence-electron chi connectivity index (χ2n) is 5.79. The van der Waals surface area contributed by atoms with Gasteiger partial charge in [-0.1, -0.05) is 20.8 Å². The fourth-order valence-corrected chi connectivity index (χ4v) is 2.31. The number of nitrogens with one attached hydrogen (secondary N) is 2. The predicted molar refractivity (Wildman–Crippen MR) is 69.3 cm³/mol. The molecule has 1 unspecified atom stereocenters. The number of carboxylic acid groups (broad SMARTS) is 1. The molecule has 0 aromatic carbocycles. The van der Waals surface area contributed by atoms with E-state index in [0.29, 0.717) is 18.3 Å². The zero-order valence-electron chi connectivity index (χ0n) is 11.4. The Labute approximate surface area is 108 Å². The molecule has 1 fully saturated rings. The van der Waals surface area contributed by atoms with E-state index in [0.717, 1.165) is 12.8 Å².